The molecule has 1 N–H and O–H groups in total. The summed E-state index contributed by atoms with van der Waals surface area (Å²) in [7, 11) is 1.54. The fourth-order valence-corrected chi connectivity index (χ4v) is 3.34. The minimum Gasteiger partial charge on any atom is -0.497 e. The Morgan fingerprint density at radius 3 is 2.63 bits per heavy atom. The Labute approximate surface area is 176 Å². The first-order chi connectivity index (χ1) is 14.6. The monoisotopic (exact) mass is 410 g/mol. The Bertz CT molecular complexity index is 884. The third-order valence-corrected chi connectivity index (χ3v) is 4.92. The van der Waals surface area contributed by atoms with E-state index in [1.165, 1.54) is 4.90 Å². The van der Waals surface area contributed by atoms with Crippen molar-refractivity contribution in [1.29, 1.82) is 0 Å². The molecule has 1 aliphatic heterocycles. The number of rotatable bonds is 7. The summed E-state index contributed by atoms with van der Waals surface area (Å²) >= 11 is 0. The van der Waals surface area contributed by atoms with Gasteiger partial charge in [-0.3, -0.25) is 14.4 Å². The Hall–Kier alpha value is -3.35. The number of anilines is 1. The van der Waals surface area contributed by atoms with Gasteiger partial charge in [-0.15, -0.1) is 0 Å². The molecule has 3 rings (SSSR count). The SMILES string of the molecule is COc1cccc(NC(=O)[C@@H](OC(=O)CN2CCCCCC2=O)c2ccccc2)c1. The molecule has 0 bridgehead atoms. The number of benzene rings is 2. The van der Waals surface area contributed by atoms with Crippen LogP contribution in [0.4, 0.5) is 5.69 Å². The van der Waals surface area contributed by atoms with Gasteiger partial charge in [0.15, 0.2) is 0 Å². The molecule has 0 spiro atoms. The van der Waals surface area contributed by atoms with Crippen LogP contribution in [0.3, 0.4) is 0 Å². The fourth-order valence-electron chi connectivity index (χ4n) is 3.34. The number of amides is 2. The molecule has 2 aromatic rings. The molecule has 7 heteroatoms. The van der Waals surface area contributed by atoms with Crippen molar-refractivity contribution in [2.45, 2.75) is 31.8 Å². The minimum absolute atomic E-state index is 0.0541. The van der Waals surface area contributed by atoms with Crippen LogP contribution in [0, 0.1) is 0 Å². The van der Waals surface area contributed by atoms with E-state index in [4.69, 9.17) is 9.47 Å². The molecule has 0 unspecified atom stereocenters. The maximum absolute atomic E-state index is 13.0. The van der Waals surface area contributed by atoms with Crippen LogP contribution in [0.15, 0.2) is 54.6 Å². The van der Waals surface area contributed by atoms with Gasteiger partial charge in [-0.2, -0.15) is 0 Å². The Kier molecular flexibility index (Phi) is 7.43. The highest BCUT2D eigenvalue weighted by molar-refractivity contribution is 5.96. The number of likely N-dealkylation sites (tertiary alicyclic amines) is 1. The van der Waals surface area contributed by atoms with Gasteiger partial charge in [0.2, 0.25) is 12.0 Å². The second-order valence-corrected chi connectivity index (χ2v) is 7.13. The maximum Gasteiger partial charge on any atom is 0.326 e. The maximum atomic E-state index is 13.0. The number of nitrogens with one attached hydrogen (secondary N) is 1. The summed E-state index contributed by atoms with van der Waals surface area (Å²) in [5.41, 5.74) is 1.08. The summed E-state index contributed by atoms with van der Waals surface area (Å²) in [5.74, 6) is -0.549. The van der Waals surface area contributed by atoms with E-state index in [9.17, 15) is 14.4 Å². The Morgan fingerprint density at radius 1 is 1.07 bits per heavy atom. The minimum atomic E-state index is -1.13. The van der Waals surface area contributed by atoms with Crippen molar-refractivity contribution in [1.82, 2.24) is 4.90 Å². The number of ether oxygens (including phenoxy) is 2. The lowest BCUT2D eigenvalue weighted by Crippen LogP contribution is -2.37. The molecule has 0 aromatic heterocycles. The van der Waals surface area contributed by atoms with Gasteiger partial charge in [0, 0.05) is 30.3 Å². The van der Waals surface area contributed by atoms with Crippen LogP contribution in [0.25, 0.3) is 0 Å². The Morgan fingerprint density at radius 2 is 1.87 bits per heavy atom. The molecule has 2 aromatic carbocycles. The number of esters is 1. The number of carbonyl (C=O) groups is 3. The normalized spacial score (nSPS) is 15.1. The zero-order valence-corrected chi connectivity index (χ0v) is 17.0. The van der Waals surface area contributed by atoms with E-state index in [1.807, 2.05) is 6.07 Å². The van der Waals surface area contributed by atoms with Crippen LogP contribution in [0.2, 0.25) is 0 Å². The van der Waals surface area contributed by atoms with E-state index in [-0.39, 0.29) is 12.5 Å². The molecule has 1 heterocycles. The number of nitrogens with zero attached hydrogens (tertiary/aromatic N) is 1. The van der Waals surface area contributed by atoms with Gasteiger partial charge in [0.25, 0.3) is 5.91 Å². The van der Waals surface area contributed by atoms with E-state index < -0.39 is 18.0 Å². The van der Waals surface area contributed by atoms with Gasteiger partial charge >= 0.3 is 5.97 Å². The van der Waals surface area contributed by atoms with Crippen LogP contribution < -0.4 is 10.1 Å². The number of carbonyl (C=O) groups excluding carboxylic acids is 3. The van der Waals surface area contributed by atoms with E-state index in [2.05, 4.69) is 5.32 Å². The van der Waals surface area contributed by atoms with Crippen molar-refractivity contribution in [2.75, 3.05) is 25.5 Å². The molecule has 2 amide bonds. The first kappa shape index (κ1) is 21.4. The summed E-state index contributed by atoms with van der Waals surface area (Å²) in [4.78, 5) is 39.2. The van der Waals surface area contributed by atoms with Gasteiger partial charge in [-0.25, -0.2) is 0 Å². The molecular formula is C23H26N2O5. The largest absolute Gasteiger partial charge is 0.497 e. The van der Waals surface area contributed by atoms with Crippen LogP contribution in [0.1, 0.15) is 37.4 Å². The van der Waals surface area contributed by atoms with Gasteiger partial charge in [0.1, 0.15) is 12.3 Å². The second kappa shape index (κ2) is 10.4. The average Bonchev–Trinajstić information content (AvgIpc) is 2.96. The van der Waals surface area contributed by atoms with E-state index in [0.717, 1.165) is 19.3 Å². The summed E-state index contributed by atoms with van der Waals surface area (Å²) in [6, 6.07) is 15.7. The average molecular weight is 410 g/mol. The second-order valence-electron chi connectivity index (χ2n) is 7.13. The third-order valence-electron chi connectivity index (χ3n) is 4.92. The summed E-state index contributed by atoms with van der Waals surface area (Å²) in [6.45, 7) is 0.370. The van der Waals surface area contributed by atoms with Gasteiger partial charge in [-0.1, -0.05) is 42.8 Å². The van der Waals surface area contributed by atoms with Gasteiger partial charge in [-0.05, 0) is 25.0 Å². The van der Waals surface area contributed by atoms with Crippen LogP contribution >= 0.6 is 0 Å². The molecule has 0 aliphatic carbocycles. The highest BCUT2D eigenvalue weighted by Gasteiger charge is 2.27. The fraction of sp³-hybridized carbons (Fsp3) is 0.348. The summed E-state index contributed by atoms with van der Waals surface area (Å²) < 4.78 is 10.7. The molecule has 0 saturated carbocycles. The molecular weight excluding hydrogens is 384 g/mol. The topological polar surface area (TPSA) is 84.9 Å². The van der Waals surface area contributed by atoms with Crippen LogP contribution in [-0.2, 0) is 19.1 Å². The lowest BCUT2D eigenvalue weighted by molar-refractivity contribution is -0.157. The van der Waals surface area contributed by atoms with Crippen molar-refractivity contribution in [2.24, 2.45) is 0 Å². The highest BCUT2D eigenvalue weighted by atomic mass is 16.5. The smallest absolute Gasteiger partial charge is 0.326 e. The highest BCUT2D eigenvalue weighted by Crippen LogP contribution is 2.23. The molecule has 158 valence electrons. The Balaban J connectivity index is 1.72. The lowest BCUT2D eigenvalue weighted by atomic mass is 10.1. The van der Waals surface area contributed by atoms with Crippen LogP contribution in [-0.4, -0.2) is 42.9 Å². The molecule has 30 heavy (non-hydrogen) atoms. The first-order valence-corrected chi connectivity index (χ1v) is 10.0. The molecule has 1 saturated heterocycles. The number of hydrogen-bond acceptors (Lipinski definition) is 5. The van der Waals surface area contributed by atoms with Gasteiger partial charge in [0.05, 0.1) is 7.11 Å². The zero-order valence-electron chi connectivity index (χ0n) is 17.0. The zero-order chi connectivity index (χ0) is 21.3. The van der Waals surface area contributed by atoms with Crippen molar-refractivity contribution in [3.05, 3.63) is 60.2 Å². The van der Waals surface area contributed by atoms with Crippen molar-refractivity contribution in [3.8, 4) is 5.75 Å². The number of hydrogen-bond donors (Lipinski definition) is 1. The van der Waals surface area contributed by atoms with E-state index in [1.54, 1.807) is 55.6 Å². The van der Waals surface area contributed by atoms with Crippen molar-refractivity contribution in [3.63, 3.8) is 0 Å². The number of methoxy groups -OCH3 is 1. The van der Waals surface area contributed by atoms with Crippen LogP contribution in [0.5, 0.6) is 5.75 Å². The van der Waals surface area contributed by atoms with Crippen molar-refractivity contribution < 1.29 is 23.9 Å². The molecule has 1 atom stereocenters. The van der Waals surface area contributed by atoms with Gasteiger partial charge < -0.3 is 19.7 Å². The van der Waals surface area contributed by atoms with E-state index in [0.29, 0.717) is 30.0 Å². The first-order valence-electron chi connectivity index (χ1n) is 10.0. The van der Waals surface area contributed by atoms with Crippen molar-refractivity contribution >= 4 is 23.5 Å². The lowest BCUT2D eigenvalue weighted by Gasteiger charge is -2.22. The molecule has 0 radical (unpaired) electrons. The standard InChI is InChI=1S/C23H26N2O5/c1-29-19-12-8-11-18(15-19)24-23(28)22(17-9-4-2-5-10-17)30-21(27)16-25-14-7-3-6-13-20(25)26/h2,4-5,8-12,15,22H,3,6-7,13-14,16H2,1H3,(H,24,28)/t22-/m0/s1. The predicted octanol–water partition coefficient (Wildman–Crippen LogP) is 3.32. The predicted molar refractivity (Wildman–Crippen MR) is 112 cm³/mol. The molecule has 7 nitrogen and oxygen atoms in total. The quantitative estimate of drug-likeness (QED) is 0.708. The molecule has 1 fully saturated rings. The summed E-state index contributed by atoms with van der Waals surface area (Å²) in [5, 5.41) is 2.77. The summed E-state index contributed by atoms with van der Waals surface area (Å²) in [6.07, 6.45) is 1.96. The molecule has 1 aliphatic rings. The van der Waals surface area contributed by atoms with E-state index >= 15 is 0 Å². The third kappa shape index (κ3) is 5.83.